The van der Waals surface area contributed by atoms with Gasteiger partial charge in [-0.3, -0.25) is 9.59 Å². The molecule has 0 N–H and O–H groups in total. The number of hydrogen-bond donors (Lipinski definition) is 0. The third-order valence-corrected chi connectivity index (χ3v) is 4.58. The van der Waals surface area contributed by atoms with Crippen LogP contribution in [0.25, 0.3) is 0 Å². The Bertz CT molecular complexity index is 902. The number of allylic oxidation sites excluding steroid dienone is 2. The van der Waals surface area contributed by atoms with E-state index in [9.17, 15) is 9.59 Å². The van der Waals surface area contributed by atoms with Crippen LogP contribution in [0, 0.1) is 0 Å². The molecule has 0 atom stereocenters. The van der Waals surface area contributed by atoms with Crippen LogP contribution in [-0.4, -0.2) is 32.9 Å². The van der Waals surface area contributed by atoms with E-state index in [-0.39, 0.29) is 11.6 Å². The van der Waals surface area contributed by atoms with Crippen molar-refractivity contribution in [3.05, 3.63) is 64.2 Å². The van der Waals surface area contributed by atoms with Gasteiger partial charge in [-0.15, -0.1) is 0 Å². The van der Waals surface area contributed by atoms with Crippen LogP contribution in [-0.2, 0) is 6.42 Å². The molecule has 0 aromatic heterocycles. The first-order valence-corrected chi connectivity index (χ1v) is 8.17. The van der Waals surface area contributed by atoms with Gasteiger partial charge in [-0.05, 0) is 42.8 Å². The lowest BCUT2D eigenvalue weighted by Crippen LogP contribution is -2.22. The van der Waals surface area contributed by atoms with Gasteiger partial charge >= 0.3 is 0 Å². The molecular formula is C21H20O5. The van der Waals surface area contributed by atoms with E-state index < -0.39 is 0 Å². The minimum Gasteiger partial charge on any atom is -0.497 e. The summed E-state index contributed by atoms with van der Waals surface area (Å²) in [7, 11) is 4.67. The summed E-state index contributed by atoms with van der Waals surface area (Å²) < 4.78 is 15.8. The van der Waals surface area contributed by atoms with Crippen molar-refractivity contribution in [2.75, 3.05) is 21.3 Å². The van der Waals surface area contributed by atoms with Gasteiger partial charge in [0.1, 0.15) is 17.2 Å². The molecule has 0 fully saturated rings. The van der Waals surface area contributed by atoms with Gasteiger partial charge in [-0.25, -0.2) is 0 Å². The fraction of sp³-hybridized carbons (Fsp3) is 0.238. The Balaban J connectivity index is 2.03. The van der Waals surface area contributed by atoms with E-state index in [0.717, 1.165) is 5.56 Å². The average molecular weight is 352 g/mol. The number of benzene rings is 2. The second kappa shape index (κ2) is 7.04. The Labute approximate surface area is 152 Å². The summed E-state index contributed by atoms with van der Waals surface area (Å²) in [6, 6.07) is 10.4. The number of carbonyl (C=O) groups excluding carboxylic acids is 2. The molecule has 0 spiro atoms. The molecule has 3 rings (SSSR count). The van der Waals surface area contributed by atoms with Crippen LogP contribution in [0.2, 0.25) is 0 Å². The number of ether oxygens (including phenoxy) is 3. The molecule has 0 heterocycles. The van der Waals surface area contributed by atoms with Crippen LogP contribution in [0.4, 0.5) is 0 Å². The van der Waals surface area contributed by atoms with Crippen molar-refractivity contribution < 1.29 is 23.8 Å². The van der Waals surface area contributed by atoms with Crippen molar-refractivity contribution in [1.29, 1.82) is 0 Å². The van der Waals surface area contributed by atoms with Crippen LogP contribution < -0.4 is 14.2 Å². The van der Waals surface area contributed by atoms with Gasteiger partial charge in [0.25, 0.3) is 0 Å². The predicted octanol–water partition coefficient (Wildman–Crippen LogP) is 3.65. The molecule has 0 bridgehead atoms. The Hall–Kier alpha value is -3.08. The topological polar surface area (TPSA) is 61.8 Å². The maximum atomic E-state index is 13.0. The Morgan fingerprint density at radius 3 is 1.92 bits per heavy atom. The van der Waals surface area contributed by atoms with Gasteiger partial charge in [0.05, 0.1) is 21.3 Å². The summed E-state index contributed by atoms with van der Waals surface area (Å²) in [5.41, 5.74) is 2.58. The summed E-state index contributed by atoms with van der Waals surface area (Å²) in [4.78, 5) is 25.7. The second-order valence-electron chi connectivity index (χ2n) is 6.07. The lowest BCUT2D eigenvalue weighted by Gasteiger charge is -2.20. The van der Waals surface area contributed by atoms with E-state index in [1.165, 1.54) is 7.11 Å². The first kappa shape index (κ1) is 17.7. The monoisotopic (exact) mass is 352 g/mol. The lowest BCUT2D eigenvalue weighted by atomic mass is 9.82. The molecule has 0 aliphatic heterocycles. The maximum Gasteiger partial charge on any atom is 0.190 e. The SMILES string of the molecule is COc1cc(CC2=C(C)C(=O)c3ccc(OC)cc3C2=O)cc(OC)c1. The van der Waals surface area contributed by atoms with Crippen LogP contribution in [0.1, 0.15) is 33.2 Å². The summed E-state index contributed by atoms with van der Waals surface area (Å²) >= 11 is 0. The molecule has 0 radical (unpaired) electrons. The Kier molecular flexibility index (Phi) is 4.80. The highest BCUT2D eigenvalue weighted by atomic mass is 16.5. The van der Waals surface area contributed by atoms with Crippen LogP contribution in [0.15, 0.2) is 47.5 Å². The number of rotatable bonds is 5. The number of Topliss-reactive ketones (excluding diaryl/α,β-unsaturated/α-hetero) is 2. The minimum atomic E-state index is -0.155. The van der Waals surface area contributed by atoms with Gasteiger partial charge in [0, 0.05) is 34.8 Å². The fourth-order valence-electron chi connectivity index (χ4n) is 3.09. The number of ketones is 2. The zero-order valence-electron chi connectivity index (χ0n) is 15.2. The third kappa shape index (κ3) is 3.08. The molecule has 0 saturated heterocycles. The average Bonchev–Trinajstić information content (AvgIpc) is 2.68. The second-order valence-corrected chi connectivity index (χ2v) is 6.07. The first-order valence-electron chi connectivity index (χ1n) is 8.17. The molecule has 0 saturated carbocycles. The molecule has 134 valence electrons. The molecule has 2 aromatic carbocycles. The molecule has 0 amide bonds. The molecule has 5 nitrogen and oxygen atoms in total. The van der Waals surface area contributed by atoms with Gasteiger partial charge < -0.3 is 14.2 Å². The number of methoxy groups -OCH3 is 3. The molecule has 1 aliphatic carbocycles. The van der Waals surface area contributed by atoms with E-state index >= 15 is 0 Å². The molecule has 0 unspecified atom stereocenters. The van der Waals surface area contributed by atoms with Crippen LogP contribution >= 0.6 is 0 Å². The highest BCUT2D eigenvalue weighted by molar-refractivity contribution is 6.27. The van der Waals surface area contributed by atoms with Crippen molar-refractivity contribution in [2.45, 2.75) is 13.3 Å². The molecular weight excluding hydrogens is 332 g/mol. The van der Waals surface area contributed by atoms with E-state index in [0.29, 0.717) is 45.9 Å². The van der Waals surface area contributed by atoms with Crippen molar-refractivity contribution in [2.24, 2.45) is 0 Å². The standard InChI is InChI=1S/C21H20O5/c1-12-18(9-13-7-15(25-3)10-16(8-13)26-4)21(23)19-11-14(24-2)5-6-17(19)20(12)22/h5-8,10-11H,9H2,1-4H3. The maximum absolute atomic E-state index is 13.0. The lowest BCUT2D eigenvalue weighted by molar-refractivity contribution is 0.0972. The van der Waals surface area contributed by atoms with Crippen molar-refractivity contribution >= 4 is 11.6 Å². The number of carbonyl (C=O) groups is 2. The van der Waals surface area contributed by atoms with Gasteiger partial charge in [0.15, 0.2) is 11.6 Å². The van der Waals surface area contributed by atoms with E-state index in [1.807, 2.05) is 12.1 Å². The largest absolute Gasteiger partial charge is 0.497 e. The summed E-state index contributed by atoms with van der Waals surface area (Å²) in [6.07, 6.45) is 0.320. The van der Waals surface area contributed by atoms with Crippen molar-refractivity contribution in [1.82, 2.24) is 0 Å². The number of hydrogen-bond acceptors (Lipinski definition) is 5. The molecule has 1 aliphatic rings. The smallest absolute Gasteiger partial charge is 0.190 e. The molecule has 5 heteroatoms. The Morgan fingerprint density at radius 2 is 1.35 bits per heavy atom. The zero-order valence-corrected chi connectivity index (χ0v) is 15.2. The molecule has 26 heavy (non-hydrogen) atoms. The van der Waals surface area contributed by atoms with Crippen LogP contribution in [0.5, 0.6) is 17.2 Å². The van der Waals surface area contributed by atoms with Gasteiger partial charge in [-0.1, -0.05) is 0 Å². The summed E-state index contributed by atoms with van der Waals surface area (Å²) in [5.74, 6) is 1.53. The zero-order chi connectivity index (χ0) is 18.8. The normalized spacial score (nSPS) is 13.5. The van der Waals surface area contributed by atoms with Gasteiger partial charge in [0.2, 0.25) is 0 Å². The van der Waals surface area contributed by atoms with Crippen LogP contribution in [0.3, 0.4) is 0 Å². The third-order valence-electron chi connectivity index (χ3n) is 4.58. The van der Waals surface area contributed by atoms with Crippen molar-refractivity contribution in [3.8, 4) is 17.2 Å². The first-order chi connectivity index (χ1) is 12.5. The quantitative estimate of drug-likeness (QED) is 0.822. The van der Waals surface area contributed by atoms with E-state index in [4.69, 9.17) is 14.2 Å². The number of fused-ring (bicyclic) bond motifs is 1. The van der Waals surface area contributed by atoms with E-state index in [2.05, 4.69) is 0 Å². The highest BCUT2D eigenvalue weighted by Gasteiger charge is 2.30. The highest BCUT2D eigenvalue weighted by Crippen LogP contribution is 2.32. The van der Waals surface area contributed by atoms with E-state index in [1.54, 1.807) is 45.4 Å². The van der Waals surface area contributed by atoms with Crippen molar-refractivity contribution in [3.63, 3.8) is 0 Å². The fourth-order valence-corrected chi connectivity index (χ4v) is 3.09. The summed E-state index contributed by atoms with van der Waals surface area (Å²) in [5, 5.41) is 0. The predicted molar refractivity (Wildman–Crippen MR) is 97.6 cm³/mol. The Morgan fingerprint density at radius 1 is 0.731 bits per heavy atom. The van der Waals surface area contributed by atoms with Gasteiger partial charge in [-0.2, -0.15) is 0 Å². The summed E-state index contributed by atoms with van der Waals surface area (Å²) in [6.45, 7) is 1.69. The minimum absolute atomic E-state index is 0.132. The molecule has 2 aromatic rings.